The predicted octanol–water partition coefficient (Wildman–Crippen LogP) is 2.72. The molecule has 0 fully saturated rings. The zero-order valence-corrected chi connectivity index (χ0v) is 13.1. The smallest absolute Gasteiger partial charge is 0.305 e. The van der Waals surface area contributed by atoms with E-state index in [4.69, 9.17) is 5.11 Å². The third kappa shape index (κ3) is 4.02. The van der Waals surface area contributed by atoms with Gasteiger partial charge in [-0.15, -0.1) is 6.58 Å². The summed E-state index contributed by atoms with van der Waals surface area (Å²) in [4.78, 5) is 23.8. The Kier molecular flexibility index (Phi) is 5.85. The highest BCUT2D eigenvalue weighted by molar-refractivity contribution is 6.04. The van der Waals surface area contributed by atoms with Gasteiger partial charge in [-0.2, -0.15) is 0 Å². The first-order valence-corrected chi connectivity index (χ1v) is 6.97. The molecule has 1 unspecified atom stereocenters. The lowest BCUT2D eigenvalue weighted by Crippen LogP contribution is -2.39. The molecule has 21 heavy (non-hydrogen) atoms. The van der Waals surface area contributed by atoms with Gasteiger partial charge < -0.3 is 10.4 Å². The zero-order valence-electron chi connectivity index (χ0n) is 13.1. The average Bonchev–Trinajstić information content (AvgIpc) is 2.41. The molecule has 0 amide bonds. The Morgan fingerprint density at radius 2 is 1.76 bits per heavy atom. The van der Waals surface area contributed by atoms with Crippen molar-refractivity contribution in [2.24, 2.45) is 0 Å². The zero-order chi connectivity index (χ0) is 16.2. The van der Waals surface area contributed by atoms with Crippen LogP contribution in [0.25, 0.3) is 0 Å². The number of hydrogen-bond donors (Lipinski definition) is 2. The van der Waals surface area contributed by atoms with E-state index in [1.165, 1.54) is 0 Å². The normalized spacial score (nSPS) is 12.0. The molecule has 2 N–H and O–H groups in total. The molecule has 4 nitrogen and oxygen atoms in total. The van der Waals surface area contributed by atoms with Gasteiger partial charge in [-0.1, -0.05) is 12.1 Å². The van der Waals surface area contributed by atoms with Gasteiger partial charge in [0.1, 0.15) is 0 Å². The summed E-state index contributed by atoms with van der Waals surface area (Å²) in [7, 11) is 0. The molecule has 1 aromatic rings. The number of aryl methyl sites for hydroxylation is 2. The fraction of sp³-hybridized carbons (Fsp3) is 0.412. The molecule has 4 heteroatoms. The van der Waals surface area contributed by atoms with Gasteiger partial charge in [0.15, 0.2) is 5.78 Å². The molecule has 0 spiro atoms. The van der Waals surface area contributed by atoms with Gasteiger partial charge in [-0.25, -0.2) is 0 Å². The number of carbonyl (C=O) groups is 2. The minimum absolute atomic E-state index is 0.166. The lowest BCUT2D eigenvalue weighted by Gasteiger charge is -2.20. The summed E-state index contributed by atoms with van der Waals surface area (Å²) >= 11 is 0. The number of Topliss-reactive ketones (excluding diaryl/α,β-unsaturated/α-hetero) is 1. The van der Waals surface area contributed by atoms with Crippen molar-refractivity contribution >= 4 is 11.8 Å². The molecule has 0 saturated heterocycles. The number of rotatable bonds is 7. The van der Waals surface area contributed by atoms with Crippen molar-refractivity contribution in [1.82, 2.24) is 5.32 Å². The average molecular weight is 289 g/mol. The monoisotopic (exact) mass is 289 g/mol. The van der Waals surface area contributed by atoms with Crippen LogP contribution in [-0.2, 0) is 4.79 Å². The number of ketones is 1. The predicted molar refractivity (Wildman–Crippen MR) is 84.0 cm³/mol. The van der Waals surface area contributed by atoms with E-state index in [1.807, 2.05) is 33.8 Å². The second-order valence-electron chi connectivity index (χ2n) is 5.35. The molecule has 1 rings (SSSR count). The van der Waals surface area contributed by atoms with Gasteiger partial charge in [-0.05, 0) is 49.9 Å². The second kappa shape index (κ2) is 7.18. The van der Waals surface area contributed by atoms with E-state index < -0.39 is 12.0 Å². The summed E-state index contributed by atoms with van der Waals surface area (Å²) < 4.78 is 0. The van der Waals surface area contributed by atoms with Gasteiger partial charge in [0.2, 0.25) is 0 Å². The summed E-state index contributed by atoms with van der Waals surface area (Å²) in [6.45, 7) is 11.7. The van der Waals surface area contributed by atoms with Crippen molar-refractivity contribution < 1.29 is 14.7 Å². The van der Waals surface area contributed by atoms with Gasteiger partial charge >= 0.3 is 5.97 Å². The molecule has 1 atom stereocenters. The van der Waals surface area contributed by atoms with Crippen molar-refractivity contribution in [3.05, 3.63) is 46.5 Å². The molecule has 1 aromatic carbocycles. The Morgan fingerprint density at radius 3 is 2.19 bits per heavy atom. The van der Waals surface area contributed by atoms with Crippen LogP contribution in [0, 0.1) is 27.7 Å². The molecule has 0 aliphatic heterocycles. The number of carbonyl (C=O) groups excluding carboxylic acids is 1. The van der Waals surface area contributed by atoms with E-state index in [0.717, 1.165) is 22.3 Å². The summed E-state index contributed by atoms with van der Waals surface area (Å²) in [6.07, 6.45) is 1.38. The van der Waals surface area contributed by atoms with E-state index in [1.54, 1.807) is 6.08 Å². The molecule has 0 aliphatic carbocycles. The fourth-order valence-corrected chi connectivity index (χ4v) is 2.42. The fourth-order valence-electron chi connectivity index (χ4n) is 2.42. The Balaban J connectivity index is 3.25. The maximum absolute atomic E-state index is 12.8. The van der Waals surface area contributed by atoms with E-state index in [0.29, 0.717) is 12.1 Å². The summed E-state index contributed by atoms with van der Waals surface area (Å²) in [5.74, 6) is -1.16. The first-order chi connectivity index (χ1) is 9.79. The number of nitrogens with one attached hydrogen (secondary N) is 1. The molecule has 0 heterocycles. The largest absolute Gasteiger partial charge is 0.481 e. The van der Waals surface area contributed by atoms with Crippen LogP contribution in [-0.4, -0.2) is 29.4 Å². The first-order valence-electron chi connectivity index (χ1n) is 6.97. The van der Waals surface area contributed by atoms with Crippen LogP contribution < -0.4 is 5.32 Å². The van der Waals surface area contributed by atoms with Crippen molar-refractivity contribution in [1.29, 1.82) is 0 Å². The van der Waals surface area contributed by atoms with Crippen LogP contribution in [0.3, 0.4) is 0 Å². The van der Waals surface area contributed by atoms with Gasteiger partial charge in [0, 0.05) is 12.1 Å². The lowest BCUT2D eigenvalue weighted by molar-refractivity contribution is -0.137. The van der Waals surface area contributed by atoms with Crippen LogP contribution in [0.5, 0.6) is 0 Å². The lowest BCUT2D eigenvalue weighted by atomic mass is 9.88. The highest BCUT2D eigenvalue weighted by atomic mass is 16.4. The van der Waals surface area contributed by atoms with E-state index in [2.05, 4.69) is 11.9 Å². The van der Waals surface area contributed by atoms with Crippen LogP contribution in [0.15, 0.2) is 18.7 Å². The third-order valence-corrected chi connectivity index (χ3v) is 3.82. The quantitative estimate of drug-likeness (QED) is 0.598. The summed E-state index contributed by atoms with van der Waals surface area (Å²) in [5.41, 5.74) is 4.55. The van der Waals surface area contributed by atoms with E-state index in [9.17, 15) is 9.59 Å². The number of carboxylic acids is 1. The molecular weight excluding hydrogens is 266 g/mol. The van der Waals surface area contributed by atoms with Crippen molar-refractivity contribution in [3.8, 4) is 0 Å². The van der Waals surface area contributed by atoms with Gasteiger partial charge in [0.05, 0.1) is 12.5 Å². The molecule has 0 bridgehead atoms. The van der Waals surface area contributed by atoms with Gasteiger partial charge in [0.25, 0.3) is 0 Å². The molecular formula is C17H23NO3. The van der Waals surface area contributed by atoms with E-state index in [-0.39, 0.29) is 12.2 Å². The van der Waals surface area contributed by atoms with Crippen LogP contribution in [0.1, 0.15) is 39.0 Å². The van der Waals surface area contributed by atoms with Gasteiger partial charge in [-0.3, -0.25) is 9.59 Å². The maximum atomic E-state index is 12.8. The first kappa shape index (κ1) is 17.1. The molecule has 0 saturated carbocycles. The van der Waals surface area contributed by atoms with Crippen LogP contribution in [0.2, 0.25) is 0 Å². The van der Waals surface area contributed by atoms with Crippen molar-refractivity contribution in [2.45, 2.75) is 40.2 Å². The minimum atomic E-state index is -0.996. The highest BCUT2D eigenvalue weighted by Crippen LogP contribution is 2.23. The highest BCUT2D eigenvalue weighted by Gasteiger charge is 2.25. The molecule has 0 aromatic heterocycles. The minimum Gasteiger partial charge on any atom is -0.481 e. The maximum Gasteiger partial charge on any atom is 0.305 e. The Hall–Kier alpha value is -1.94. The topological polar surface area (TPSA) is 66.4 Å². The Bertz CT molecular complexity index is 550. The van der Waals surface area contributed by atoms with Crippen molar-refractivity contribution in [3.63, 3.8) is 0 Å². The summed E-state index contributed by atoms with van der Waals surface area (Å²) in [5, 5.41) is 12.0. The van der Waals surface area contributed by atoms with Crippen LogP contribution in [0.4, 0.5) is 0 Å². The number of aliphatic carboxylic acids is 1. The second-order valence-corrected chi connectivity index (χ2v) is 5.35. The summed E-state index contributed by atoms with van der Waals surface area (Å²) in [6, 6.07) is 1.31. The molecule has 114 valence electrons. The SMILES string of the molecule is C=CCNC(CC(=O)O)C(=O)c1c(C)c(C)cc(C)c1C. The Labute approximate surface area is 125 Å². The van der Waals surface area contributed by atoms with E-state index >= 15 is 0 Å². The van der Waals surface area contributed by atoms with Crippen LogP contribution >= 0.6 is 0 Å². The standard InChI is InChI=1S/C17H23NO3/c1-6-7-18-14(9-15(19)20)17(21)16-12(4)10(2)8-11(3)13(16)5/h6,8,14,18H,1,7,9H2,2-5H3,(H,19,20). The Morgan fingerprint density at radius 1 is 1.24 bits per heavy atom. The number of benzene rings is 1. The third-order valence-electron chi connectivity index (χ3n) is 3.82. The number of hydrogen-bond acceptors (Lipinski definition) is 3. The van der Waals surface area contributed by atoms with Crippen molar-refractivity contribution in [2.75, 3.05) is 6.54 Å². The molecule has 0 aliphatic rings. The molecule has 0 radical (unpaired) electrons. The number of carboxylic acid groups (broad SMARTS) is 1.